The van der Waals surface area contributed by atoms with E-state index in [4.69, 9.17) is 11.6 Å². The molecule has 2 aromatic heterocycles. The number of nitrogens with one attached hydrogen (secondary N) is 2. The zero-order chi connectivity index (χ0) is 18.3. The largest absolute Gasteiger partial charge is 0.390 e. The first-order valence-corrected chi connectivity index (χ1v) is 9.70. The van der Waals surface area contributed by atoms with Crippen LogP contribution in [-0.2, 0) is 0 Å². The molecule has 4 rings (SSSR count). The topological polar surface area (TPSA) is 102 Å². The molecule has 0 radical (unpaired) electrons. The highest BCUT2D eigenvalue weighted by molar-refractivity contribution is 7.99. The summed E-state index contributed by atoms with van der Waals surface area (Å²) in [6.45, 7) is 0. The van der Waals surface area contributed by atoms with Gasteiger partial charge in [0.15, 0.2) is 0 Å². The highest BCUT2D eigenvalue weighted by Gasteiger charge is 2.43. The smallest absolute Gasteiger partial charge is 0.275 e. The Hall–Kier alpha value is -1.80. The van der Waals surface area contributed by atoms with Crippen molar-refractivity contribution in [1.29, 1.82) is 0 Å². The highest BCUT2D eigenvalue weighted by Crippen LogP contribution is 2.42. The average molecular weight is 392 g/mol. The van der Waals surface area contributed by atoms with Gasteiger partial charge < -0.3 is 20.2 Å². The van der Waals surface area contributed by atoms with Gasteiger partial charge in [-0.25, -0.2) is 4.98 Å². The van der Waals surface area contributed by atoms with Crippen LogP contribution in [0.15, 0.2) is 46.5 Å². The quantitative estimate of drug-likeness (QED) is 0.512. The van der Waals surface area contributed by atoms with Gasteiger partial charge in [0.25, 0.3) is 5.56 Å². The minimum atomic E-state index is -0.883. The lowest BCUT2D eigenvalue weighted by Crippen LogP contribution is -2.28. The van der Waals surface area contributed by atoms with Crippen LogP contribution in [0.1, 0.15) is 17.9 Å². The number of nitrogens with zero attached hydrogens (tertiary/aromatic N) is 1. The summed E-state index contributed by atoms with van der Waals surface area (Å²) in [7, 11) is 0. The number of aromatic amines is 2. The summed E-state index contributed by atoms with van der Waals surface area (Å²) in [4.78, 5) is 22.6. The van der Waals surface area contributed by atoms with Crippen molar-refractivity contribution in [2.45, 2.75) is 29.4 Å². The first kappa shape index (κ1) is 17.6. The average Bonchev–Trinajstić information content (AvgIpc) is 3.18. The molecule has 1 aromatic carbocycles. The van der Waals surface area contributed by atoms with Crippen LogP contribution >= 0.6 is 23.4 Å². The van der Waals surface area contributed by atoms with Gasteiger partial charge in [-0.15, -0.1) is 11.8 Å². The molecule has 0 amide bonds. The lowest BCUT2D eigenvalue weighted by molar-refractivity contribution is 0.0190. The molecule has 6 nitrogen and oxygen atoms in total. The predicted octanol–water partition coefficient (Wildman–Crippen LogP) is 2.52. The molecule has 1 aliphatic rings. The second kappa shape index (κ2) is 7.08. The molecule has 2 heterocycles. The molecule has 26 heavy (non-hydrogen) atoms. The molecule has 0 aliphatic heterocycles. The maximum atomic E-state index is 11.8. The normalized spacial score (nSPS) is 25.8. The maximum absolute atomic E-state index is 11.8. The van der Waals surface area contributed by atoms with Crippen LogP contribution in [0, 0.1) is 5.92 Å². The summed E-state index contributed by atoms with van der Waals surface area (Å²) in [6.07, 6.45) is 2.00. The number of benzene rings is 1. The van der Waals surface area contributed by atoms with E-state index in [-0.39, 0.29) is 17.4 Å². The van der Waals surface area contributed by atoms with Gasteiger partial charge in [-0.05, 0) is 36.6 Å². The number of halogens is 1. The second-order valence-electron chi connectivity index (χ2n) is 6.55. The molecule has 8 heteroatoms. The van der Waals surface area contributed by atoms with Gasteiger partial charge >= 0.3 is 0 Å². The Morgan fingerprint density at radius 3 is 2.73 bits per heavy atom. The molecule has 0 saturated heterocycles. The zero-order valence-electron chi connectivity index (χ0n) is 13.7. The van der Waals surface area contributed by atoms with E-state index in [9.17, 15) is 15.0 Å². The molecule has 1 fully saturated rings. The first-order chi connectivity index (χ1) is 12.5. The van der Waals surface area contributed by atoms with Crippen LogP contribution in [-0.4, -0.2) is 43.1 Å². The Balaban J connectivity index is 1.53. The van der Waals surface area contributed by atoms with Crippen molar-refractivity contribution in [2.24, 2.45) is 5.92 Å². The fourth-order valence-electron chi connectivity index (χ4n) is 3.59. The minimum absolute atomic E-state index is 0.0531. The fourth-order valence-corrected chi connectivity index (χ4v) is 4.78. The number of rotatable bonds is 4. The lowest BCUT2D eigenvalue weighted by atomic mass is 9.96. The van der Waals surface area contributed by atoms with Crippen molar-refractivity contribution >= 4 is 34.4 Å². The Kier molecular flexibility index (Phi) is 4.79. The molecular weight excluding hydrogens is 374 g/mol. The number of H-pyrrole nitrogens is 2. The molecular formula is C18H18ClN3O3S. The molecule has 0 spiro atoms. The molecule has 3 aromatic rings. The van der Waals surface area contributed by atoms with Gasteiger partial charge in [0.1, 0.15) is 5.52 Å². The Morgan fingerprint density at radius 2 is 1.96 bits per heavy atom. The molecule has 1 aliphatic carbocycles. The van der Waals surface area contributed by atoms with Gasteiger partial charge in [-0.2, -0.15) is 0 Å². The summed E-state index contributed by atoms with van der Waals surface area (Å²) < 4.78 is 0. The number of aliphatic hydroxyl groups is 2. The SMILES string of the molecule is O=c1[nH]cnc2c([C@@H]3C[C@H](CSc4ccc(Cl)cc4)[C@@H](O)[C@H]3O)c[nH]c12. The Bertz CT molecular complexity index is 972. The fraction of sp³-hybridized carbons (Fsp3) is 0.333. The molecule has 136 valence electrons. The highest BCUT2D eigenvalue weighted by atomic mass is 35.5. The van der Waals surface area contributed by atoms with E-state index in [0.717, 1.165) is 10.5 Å². The van der Waals surface area contributed by atoms with E-state index in [1.807, 2.05) is 24.3 Å². The number of aromatic nitrogens is 3. The second-order valence-corrected chi connectivity index (χ2v) is 8.08. The molecule has 4 N–H and O–H groups in total. The van der Waals surface area contributed by atoms with E-state index in [2.05, 4.69) is 15.0 Å². The third-order valence-corrected chi connectivity index (χ3v) is 6.43. The van der Waals surface area contributed by atoms with E-state index >= 15 is 0 Å². The molecule has 0 bridgehead atoms. The van der Waals surface area contributed by atoms with Crippen LogP contribution in [0.2, 0.25) is 5.02 Å². The predicted molar refractivity (Wildman–Crippen MR) is 102 cm³/mol. The Morgan fingerprint density at radius 1 is 1.19 bits per heavy atom. The van der Waals surface area contributed by atoms with Crippen LogP contribution in [0.25, 0.3) is 11.0 Å². The van der Waals surface area contributed by atoms with Gasteiger partial charge in [-0.1, -0.05) is 11.6 Å². The molecule has 1 saturated carbocycles. The molecule has 0 unspecified atom stereocenters. The number of hydrogen-bond donors (Lipinski definition) is 4. The van der Waals surface area contributed by atoms with Crippen LogP contribution in [0.3, 0.4) is 0 Å². The number of hydrogen-bond acceptors (Lipinski definition) is 5. The summed E-state index contributed by atoms with van der Waals surface area (Å²) in [6, 6.07) is 7.56. The van der Waals surface area contributed by atoms with Crippen LogP contribution in [0.4, 0.5) is 0 Å². The number of thioether (sulfide) groups is 1. The van der Waals surface area contributed by atoms with E-state index in [0.29, 0.717) is 28.2 Å². The van der Waals surface area contributed by atoms with Crippen molar-refractivity contribution in [3.63, 3.8) is 0 Å². The summed E-state index contributed by atoms with van der Waals surface area (Å²) in [5, 5.41) is 21.7. The summed E-state index contributed by atoms with van der Waals surface area (Å²) in [5.74, 6) is 0.374. The first-order valence-electron chi connectivity index (χ1n) is 8.33. The monoisotopic (exact) mass is 391 g/mol. The third kappa shape index (κ3) is 3.16. The van der Waals surface area contributed by atoms with Gasteiger partial charge in [-0.3, -0.25) is 4.79 Å². The van der Waals surface area contributed by atoms with Gasteiger partial charge in [0, 0.05) is 33.3 Å². The van der Waals surface area contributed by atoms with E-state index in [1.54, 1.807) is 18.0 Å². The third-order valence-electron chi connectivity index (χ3n) is 4.98. The molecule has 4 atom stereocenters. The number of fused-ring (bicyclic) bond motifs is 1. The van der Waals surface area contributed by atoms with Crippen LogP contribution in [0.5, 0.6) is 0 Å². The number of aliphatic hydroxyl groups excluding tert-OH is 2. The van der Waals surface area contributed by atoms with E-state index < -0.39 is 12.2 Å². The summed E-state index contributed by atoms with van der Waals surface area (Å²) in [5.41, 5.74) is 1.47. The summed E-state index contributed by atoms with van der Waals surface area (Å²) >= 11 is 7.53. The zero-order valence-corrected chi connectivity index (χ0v) is 15.3. The maximum Gasteiger partial charge on any atom is 0.275 e. The van der Waals surface area contributed by atoms with Crippen molar-refractivity contribution < 1.29 is 10.2 Å². The lowest BCUT2D eigenvalue weighted by Gasteiger charge is -2.16. The van der Waals surface area contributed by atoms with Crippen molar-refractivity contribution in [2.75, 3.05) is 5.75 Å². The standard InChI is InChI=1S/C18H18ClN3O3S/c19-10-1-3-11(4-2-10)26-7-9-5-12(17(24)16(9)23)13-6-20-15-14(13)21-8-22-18(15)25/h1-4,6,8-9,12,16-17,20,23-24H,5,7H2,(H,21,22,25)/t9-,12+,16-,17+/m1/s1. The van der Waals surface area contributed by atoms with E-state index in [1.165, 1.54) is 6.33 Å². The minimum Gasteiger partial charge on any atom is -0.390 e. The Labute approximate surface area is 158 Å². The van der Waals surface area contributed by atoms with Gasteiger partial charge in [0.05, 0.1) is 24.1 Å². The van der Waals surface area contributed by atoms with Crippen molar-refractivity contribution in [1.82, 2.24) is 15.0 Å². The van der Waals surface area contributed by atoms with Crippen LogP contribution < -0.4 is 5.56 Å². The van der Waals surface area contributed by atoms with Crippen molar-refractivity contribution in [3.8, 4) is 0 Å². The van der Waals surface area contributed by atoms with Gasteiger partial charge in [0.2, 0.25) is 0 Å². The van der Waals surface area contributed by atoms with Crippen molar-refractivity contribution in [3.05, 3.63) is 57.7 Å².